The predicted molar refractivity (Wildman–Crippen MR) is 81.9 cm³/mol. The van der Waals surface area contributed by atoms with Crippen LogP contribution in [0.25, 0.3) is 0 Å². The van der Waals surface area contributed by atoms with Crippen LogP contribution < -0.4 is 10.5 Å². The Kier molecular flexibility index (Phi) is 5.35. The molecule has 0 saturated carbocycles. The standard InChI is InChI=1S/C13H15N3O3.C2H6/c1-7-4-5-9(8(2)17)6-10(7)19-13-11(18)12(14)16(3)15-13;1-2/h4-6,18H,14H2,1-3H3;1-2H3. The summed E-state index contributed by atoms with van der Waals surface area (Å²) >= 11 is 0. The van der Waals surface area contributed by atoms with E-state index in [4.69, 9.17) is 10.5 Å². The summed E-state index contributed by atoms with van der Waals surface area (Å²) < 4.78 is 6.83. The van der Waals surface area contributed by atoms with Crippen LogP contribution in [0.1, 0.15) is 36.7 Å². The van der Waals surface area contributed by atoms with E-state index in [9.17, 15) is 9.90 Å². The first-order chi connectivity index (χ1) is 9.90. The van der Waals surface area contributed by atoms with Gasteiger partial charge in [-0.2, -0.15) is 0 Å². The highest BCUT2D eigenvalue weighted by molar-refractivity contribution is 5.94. The molecule has 6 heteroatoms. The Balaban J connectivity index is 0.00000106. The number of hydrogen-bond donors (Lipinski definition) is 2. The van der Waals surface area contributed by atoms with E-state index < -0.39 is 0 Å². The SMILES string of the molecule is CC.CC(=O)c1ccc(C)c(Oc2nn(C)c(N)c2O)c1. The highest BCUT2D eigenvalue weighted by Gasteiger charge is 2.16. The number of nitrogens with two attached hydrogens (primary N) is 1. The molecular formula is C15H21N3O3. The lowest BCUT2D eigenvalue weighted by Crippen LogP contribution is -1.97. The predicted octanol–water partition coefficient (Wildman–Crippen LogP) is 3.04. The van der Waals surface area contributed by atoms with Crippen LogP contribution in [-0.2, 0) is 7.05 Å². The number of aromatic nitrogens is 2. The van der Waals surface area contributed by atoms with Gasteiger partial charge in [-0.05, 0) is 25.5 Å². The van der Waals surface area contributed by atoms with E-state index in [1.54, 1.807) is 25.2 Å². The first-order valence-electron chi connectivity index (χ1n) is 6.71. The van der Waals surface area contributed by atoms with Gasteiger partial charge in [-0.25, -0.2) is 4.68 Å². The van der Waals surface area contributed by atoms with Crippen LogP contribution in [0.4, 0.5) is 5.82 Å². The smallest absolute Gasteiger partial charge is 0.283 e. The molecule has 3 N–H and O–H groups in total. The average Bonchev–Trinajstić information content (AvgIpc) is 2.70. The summed E-state index contributed by atoms with van der Waals surface area (Å²) in [4.78, 5) is 11.3. The number of aromatic hydroxyl groups is 1. The lowest BCUT2D eigenvalue weighted by Gasteiger charge is -2.07. The number of aryl methyl sites for hydroxylation is 2. The first kappa shape index (κ1) is 16.6. The molecule has 2 aromatic rings. The van der Waals surface area contributed by atoms with Crippen LogP contribution >= 0.6 is 0 Å². The summed E-state index contributed by atoms with van der Waals surface area (Å²) in [6.45, 7) is 7.31. The van der Waals surface area contributed by atoms with Gasteiger partial charge in [0.25, 0.3) is 5.88 Å². The molecule has 114 valence electrons. The summed E-state index contributed by atoms with van der Waals surface area (Å²) in [5.41, 5.74) is 6.95. The molecule has 0 aliphatic carbocycles. The van der Waals surface area contributed by atoms with Gasteiger partial charge < -0.3 is 15.6 Å². The molecule has 0 bridgehead atoms. The van der Waals surface area contributed by atoms with Gasteiger partial charge in [-0.15, -0.1) is 5.10 Å². The van der Waals surface area contributed by atoms with Gasteiger partial charge in [0, 0.05) is 12.6 Å². The average molecular weight is 291 g/mol. The molecule has 2 rings (SSSR count). The molecule has 0 unspecified atom stereocenters. The van der Waals surface area contributed by atoms with Crippen molar-refractivity contribution in [1.29, 1.82) is 0 Å². The summed E-state index contributed by atoms with van der Waals surface area (Å²) in [5, 5.41) is 13.7. The Hall–Kier alpha value is -2.50. The van der Waals surface area contributed by atoms with Crippen molar-refractivity contribution in [3.8, 4) is 17.4 Å². The molecule has 0 saturated heterocycles. The van der Waals surface area contributed by atoms with Crippen LogP contribution in [-0.4, -0.2) is 20.7 Å². The van der Waals surface area contributed by atoms with Gasteiger partial charge in [-0.1, -0.05) is 26.0 Å². The van der Waals surface area contributed by atoms with Crippen molar-refractivity contribution in [2.75, 3.05) is 5.73 Å². The Morgan fingerprint density at radius 3 is 2.48 bits per heavy atom. The number of carbonyl (C=O) groups excluding carboxylic acids is 1. The monoisotopic (exact) mass is 291 g/mol. The highest BCUT2D eigenvalue weighted by Crippen LogP contribution is 2.35. The number of nitrogen functional groups attached to an aromatic ring is 1. The molecule has 1 heterocycles. The fourth-order valence-electron chi connectivity index (χ4n) is 1.60. The maximum Gasteiger partial charge on any atom is 0.283 e. The third-order valence-corrected chi connectivity index (χ3v) is 2.84. The largest absolute Gasteiger partial charge is 0.501 e. The minimum atomic E-state index is -0.213. The van der Waals surface area contributed by atoms with Crippen molar-refractivity contribution in [2.45, 2.75) is 27.7 Å². The molecular weight excluding hydrogens is 270 g/mol. The van der Waals surface area contributed by atoms with Crippen molar-refractivity contribution in [1.82, 2.24) is 9.78 Å². The van der Waals surface area contributed by atoms with Crippen molar-refractivity contribution < 1.29 is 14.6 Å². The molecule has 0 atom stereocenters. The molecule has 0 aliphatic rings. The van der Waals surface area contributed by atoms with Crippen LogP contribution in [0.3, 0.4) is 0 Å². The van der Waals surface area contributed by atoms with Crippen molar-refractivity contribution in [3.63, 3.8) is 0 Å². The minimum absolute atomic E-state index is 0.0174. The summed E-state index contributed by atoms with van der Waals surface area (Å²) in [5.74, 6) is 0.324. The van der Waals surface area contributed by atoms with E-state index in [1.807, 2.05) is 20.8 Å². The molecule has 0 amide bonds. The van der Waals surface area contributed by atoms with Crippen molar-refractivity contribution in [2.24, 2.45) is 7.05 Å². The molecule has 1 aromatic heterocycles. The van der Waals surface area contributed by atoms with Crippen LogP contribution in [0.5, 0.6) is 17.4 Å². The lowest BCUT2D eigenvalue weighted by atomic mass is 10.1. The number of rotatable bonds is 3. The Bertz CT molecular complexity index is 648. The molecule has 1 aromatic carbocycles. The fraction of sp³-hybridized carbons (Fsp3) is 0.333. The number of carbonyl (C=O) groups is 1. The molecule has 21 heavy (non-hydrogen) atoms. The first-order valence-corrected chi connectivity index (χ1v) is 6.71. The minimum Gasteiger partial charge on any atom is -0.501 e. The van der Waals surface area contributed by atoms with E-state index in [0.29, 0.717) is 11.3 Å². The zero-order chi connectivity index (χ0) is 16.2. The van der Waals surface area contributed by atoms with E-state index in [-0.39, 0.29) is 23.2 Å². The second-order valence-corrected chi connectivity index (χ2v) is 4.30. The second-order valence-electron chi connectivity index (χ2n) is 4.30. The van der Waals surface area contributed by atoms with E-state index >= 15 is 0 Å². The lowest BCUT2D eigenvalue weighted by molar-refractivity contribution is 0.101. The number of ketones is 1. The number of benzene rings is 1. The number of hydrogen-bond acceptors (Lipinski definition) is 5. The summed E-state index contributed by atoms with van der Waals surface area (Å²) in [7, 11) is 1.60. The van der Waals surface area contributed by atoms with Crippen LogP contribution in [0, 0.1) is 6.92 Å². The zero-order valence-corrected chi connectivity index (χ0v) is 13.0. The summed E-state index contributed by atoms with van der Waals surface area (Å²) in [6, 6.07) is 5.11. The number of ether oxygens (including phenoxy) is 1. The normalized spacial score (nSPS) is 9.76. The highest BCUT2D eigenvalue weighted by atomic mass is 16.5. The quantitative estimate of drug-likeness (QED) is 0.848. The number of Topliss-reactive ketones (excluding diaryl/α,β-unsaturated/α-hetero) is 1. The maximum absolute atomic E-state index is 11.3. The Labute approximate surface area is 124 Å². The third kappa shape index (κ3) is 3.53. The maximum atomic E-state index is 11.3. The van der Waals surface area contributed by atoms with E-state index in [1.165, 1.54) is 11.6 Å². The van der Waals surface area contributed by atoms with Gasteiger partial charge in [0.15, 0.2) is 11.6 Å². The molecule has 6 nitrogen and oxygen atoms in total. The molecule has 0 fully saturated rings. The number of nitrogens with zero attached hydrogens (tertiary/aromatic N) is 2. The fourth-order valence-corrected chi connectivity index (χ4v) is 1.60. The molecule has 0 radical (unpaired) electrons. The van der Waals surface area contributed by atoms with E-state index in [0.717, 1.165) is 5.56 Å². The van der Waals surface area contributed by atoms with Crippen molar-refractivity contribution >= 4 is 11.6 Å². The van der Waals surface area contributed by atoms with Crippen LogP contribution in [0.2, 0.25) is 0 Å². The zero-order valence-electron chi connectivity index (χ0n) is 13.0. The van der Waals surface area contributed by atoms with Crippen LogP contribution in [0.15, 0.2) is 18.2 Å². The van der Waals surface area contributed by atoms with Gasteiger partial charge in [0.05, 0.1) is 0 Å². The van der Waals surface area contributed by atoms with Gasteiger partial charge in [-0.3, -0.25) is 4.79 Å². The molecule has 0 aliphatic heterocycles. The summed E-state index contributed by atoms with van der Waals surface area (Å²) in [6.07, 6.45) is 0. The van der Waals surface area contributed by atoms with Crippen molar-refractivity contribution in [3.05, 3.63) is 29.3 Å². The van der Waals surface area contributed by atoms with Gasteiger partial charge >= 0.3 is 0 Å². The Morgan fingerprint density at radius 2 is 2.00 bits per heavy atom. The second kappa shape index (κ2) is 6.78. The Morgan fingerprint density at radius 1 is 1.38 bits per heavy atom. The molecule has 0 spiro atoms. The van der Waals surface area contributed by atoms with Gasteiger partial charge in [0.2, 0.25) is 5.75 Å². The number of anilines is 1. The van der Waals surface area contributed by atoms with E-state index in [2.05, 4.69) is 5.10 Å². The third-order valence-electron chi connectivity index (χ3n) is 2.84. The topological polar surface area (TPSA) is 90.4 Å². The van der Waals surface area contributed by atoms with Gasteiger partial charge in [0.1, 0.15) is 5.75 Å².